The summed E-state index contributed by atoms with van der Waals surface area (Å²) in [5.41, 5.74) is 9.12. The molecule has 0 unspecified atom stereocenters. The molecule has 3 aromatic rings. The predicted molar refractivity (Wildman–Crippen MR) is 158 cm³/mol. The van der Waals surface area contributed by atoms with Crippen LogP contribution in [-0.2, 0) is 21.9 Å². The first kappa shape index (κ1) is 30.3. The van der Waals surface area contributed by atoms with Gasteiger partial charge in [-0.25, -0.2) is 4.79 Å². The number of halogens is 1. The number of amides is 2. The zero-order valence-electron chi connectivity index (χ0n) is 22.1. The van der Waals surface area contributed by atoms with Crippen molar-refractivity contribution in [1.82, 2.24) is 4.90 Å². The van der Waals surface area contributed by atoms with Gasteiger partial charge in [-0.15, -0.1) is 24.2 Å². The molecule has 0 saturated carbocycles. The molecule has 1 aliphatic heterocycles. The van der Waals surface area contributed by atoms with Crippen LogP contribution in [0, 0.1) is 5.92 Å². The molecule has 7 nitrogen and oxygen atoms in total. The monoisotopic (exact) mass is 569 g/mol. The molecule has 1 heterocycles. The van der Waals surface area contributed by atoms with Crippen LogP contribution in [0.3, 0.4) is 0 Å². The number of nitrogens with two attached hydrogens (primary N) is 1. The number of hydrogen-bond donors (Lipinski definition) is 2. The second kappa shape index (κ2) is 15.4. The molecule has 0 spiro atoms. The summed E-state index contributed by atoms with van der Waals surface area (Å²) in [6.07, 6.45) is 1.86. The maximum Gasteiger partial charge on any atom is 0.410 e. The van der Waals surface area contributed by atoms with Crippen LogP contribution in [0.4, 0.5) is 10.5 Å². The van der Waals surface area contributed by atoms with E-state index in [0.717, 1.165) is 29.1 Å². The fraction of sp³-hybridized carbons (Fsp3) is 0.333. The van der Waals surface area contributed by atoms with Crippen molar-refractivity contribution in [2.75, 3.05) is 25.5 Å². The molecule has 3 N–H and O–H groups in total. The maximum absolute atomic E-state index is 12.8. The molecule has 1 atom stereocenters. The minimum absolute atomic E-state index is 0. The highest BCUT2D eigenvalue weighted by Gasteiger charge is 2.27. The van der Waals surface area contributed by atoms with Crippen molar-refractivity contribution in [2.24, 2.45) is 11.7 Å². The summed E-state index contributed by atoms with van der Waals surface area (Å²) in [4.78, 5) is 27.9. The van der Waals surface area contributed by atoms with Crippen LogP contribution in [0.2, 0.25) is 0 Å². The topological polar surface area (TPSA) is 93.9 Å². The Hall–Kier alpha value is -3.20. The standard InChI is InChI=1S/C30H35N3O4S.ClH/c1-36-27-19-25(12-13-28(27)38-21-24-10-6-3-7-11-24)32-29(34)26(31)18-22-14-16-33(17-15-22)30(35)37-20-23-8-4-2-5-9-23;/h2-13,19,22,26H,14-18,20-21,31H2,1H3,(H,32,34);1H/t26-;/m0./s1. The number of nitrogens with one attached hydrogen (secondary N) is 1. The summed E-state index contributed by atoms with van der Waals surface area (Å²) in [6.45, 7) is 1.47. The van der Waals surface area contributed by atoms with Crippen LogP contribution >= 0.6 is 24.2 Å². The lowest BCUT2D eigenvalue weighted by molar-refractivity contribution is -0.117. The molecule has 208 valence electrons. The van der Waals surface area contributed by atoms with E-state index < -0.39 is 6.04 Å². The fourth-order valence-electron chi connectivity index (χ4n) is 4.46. The molecule has 0 bridgehead atoms. The molecule has 0 radical (unpaired) electrons. The van der Waals surface area contributed by atoms with E-state index in [0.29, 0.717) is 30.9 Å². The number of thioether (sulfide) groups is 1. The Morgan fingerprint density at radius 1 is 1.00 bits per heavy atom. The second-order valence-corrected chi connectivity index (χ2v) is 10.5. The lowest BCUT2D eigenvalue weighted by Gasteiger charge is -2.32. The van der Waals surface area contributed by atoms with E-state index >= 15 is 0 Å². The van der Waals surface area contributed by atoms with Gasteiger partial charge in [-0.2, -0.15) is 0 Å². The van der Waals surface area contributed by atoms with Gasteiger partial charge in [0.25, 0.3) is 0 Å². The number of anilines is 1. The largest absolute Gasteiger partial charge is 0.496 e. The van der Waals surface area contributed by atoms with E-state index in [1.807, 2.05) is 66.7 Å². The minimum Gasteiger partial charge on any atom is -0.496 e. The summed E-state index contributed by atoms with van der Waals surface area (Å²) in [6, 6.07) is 24.9. The van der Waals surface area contributed by atoms with E-state index in [9.17, 15) is 9.59 Å². The van der Waals surface area contributed by atoms with Crippen LogP contribution in [0.1, 0.15) is 30.4 Å². The van der Waals surface area contributed by atoms with Gasteiger partial charge in [0.15, 0.2) is 0 Å². The zero-order chi connectivity index (χ0) is 26.7. The van der Waals surface area contributed by atoms with Crippen molar-refractivity contribution in [2.45, 2.75) is 42.6 Å². The number of carbonyl (C=O) groups is 2. The van der Waals surface area contributed by atoms with Crippen molar-refractivity contribution in [3.63, 3.8) is 0 Å². The highest BCUT2D eigenvalue weighted by Crippen LogP contribution is 2.34. The predicted octanol–water partition coefficient (Wildman–Crippen LogP) is 6.11. The molecule has 9 heteroatoms. The number of ether oxygens (including phenoxy) is 2. The molecule has 4 rings (SSSR count). The molecule has 39 heavy (non-hydrogen) atoms. The highest BCUT2D eigenvalue weighted by molar-refractivity contribution is 7.98. The molecular formula is C30H36ClN3O4S. The second-order valence-electron chi connectivity index (χ2n) is 9.44. The summed E-state index contributed by atoms with van der Waals surface area (Å²) in [5.74, 6) is 1.60. The number of likely N-dealkylation sites (tertiary alicyclic amines) is 1. The van der Waals surface area contributed by atoms with Crippen molar-refractivity contribution < 1.29 is 19.1 Å². The van der Waals surface area contributed by atoms with Crippen molar-refractivity contribution in [1.29, 1.82) is 0 Å². The molecule has 3 aromatic carbocycles. The number of methoxy groups -OCH3 is 1. The van der Waals surface area contributed by atoms with Gasteiger partial charge in [0.05, 0.1) is 13.2 Å². The van der Waals surface area contributed by atoms with Gasteiger partial charge in [-0.3, -0.25) is 4.79 Å². The SMILES string of the molecule is COc1cc(NC(=O)[C@@H](N)CC2CCN(C(=O)OCc3ccccc3)CC2)ccc1SCc1ccccc1.Cl. The molecule has 1 fully saturated rings. The average Bonchev–Trinajstić information content (AvgIpc) is 2.96. The van der Waals surface area contributed by atoms with Crippen LogP contribution in [-0.4, -0.2) is 43.1 Å². The summed E-state index contributed by atoms with van der Waals surface area (Å²) < 4.78 is 11.0. The minimum atomic E-state index is -0.630. The Morgan fingerprint density at radius 3 is 2.28 bits per heavy atom. The Balaban J connectivity index is 0.00000420. The first-order valence-corrected chi connectivity index (χ1v) is 13.9. The van der Waals surface area contributed by atoms with Gasteiger partial charge in [0.1, 0.15) is 12.4 Å². The number of nitrogens with zero attached hydrogens (tertiary/aromatic N) is 1. The normalized spacial score (nSPS) is 14.2. The number of piperidine rings is 1. The number of rotatable bonds is 10. The van der Waals surface area contributed by atoms with E-state index in [-0.39, 0.29) is 36.9 Å². The third-order valence-corrected chi connectivity index (χ3v) is 7.80. The van der Waals surface area contributed by atoms with Gasteiger partial charge in [-0.1, -0.05) is 60.7 Å². The van der Waals surface area contributed by atoms with Crippen LogP contribution in [0.15, 0.2) is 83.8 Å². The Kier molecular flexibility index (Phi) is 12.0. The lowest BCUT2D eigenvalue weighted by atomic mass is 9.90. The third kappa shape index (κ3) is 9.20. The molecule has 1 saturated heterocycles. The highest BCUT2D eigenvalue weighted by atomic mass is 35.5. The van der Waals surface area contributed by atoms with Crippen molar-refractivity contribution in [3.05, 3.63) is 90.0 Å². The quantitative estimate of drug-likeness (QED) is 0.286. The molecule has 0 aromatic heterocycles. The Labute approximate surface area is 240 Å². The smallest absolute Gasteiger partial charge is 0.410 e. The van der Waals surface area contributed by atoms with E-state index in [2.05, 4.69) is 17.4 Å². The first-order valence-electron chi connectivity index (χ1n) is 12.9. The average molecular weight is 570 g/mol. The fourth-order valence-corrected chi connectivity index (χ4v) is 5.43. The summed E-state index contributed by atoms with van der Waals surface area (Å²) >= 11 is 1.69. The van der Waals surface area contributed by atoms with E-state index in [1.54, 1.807) is 23.8 Å². The molecular weight excluding hydrogens is 534 g/mol. The van der Waals surface area contributed by atoms with Crippen LogP contribution in [0.5, 0.6) is 5.75 Å². The number of benzene rings is 3. The molecule has 1 aliphatic rings. The molecule has 0 aliphatic carbocycles. The van der Waals surface area contributed by atoms with E-state index in [1.165, 1.54) is 5.56 Å². The van der Waals surface area contributed by atoms with Crippen molar-refractivity contribution >= 4 is 41.9 Å². The van der Waals surface area contributed by atoms with Gasteiger partial charge < -0.3 is 25.4 Å². The number of carbonyl (C=O) groups excluding carboxylic acids is 2. The zero-order valence-corrected chi connectivity index (χ0v) is 23.7. The van der Waals surface area contributed by atoms with Crippen LogP contribution < -0.4 is 15.8 Å². The summed E-state index contributed by atoms with van der Waals surface area (Å²) in [5, 5.41) is 2.93. The number of hydrogen-bond acceptors (Lipinski definition) is 6. The molecule has 2 amide bonds. The first-order chi connectivity index (χ1) is 18.5. The lowest BCUT2D eigenvalue weighted by Crippen LogP contribution is -2.42. The Morgan fingerprint density at radius 2 is 1.64 bits per heavy atom. The van der Waals surface area contributed by atoms with Crippen molar-refractivity contribution in [3.8, 4) is 5.75 Å². The van der Waals surface area contributed by atoms with Gasteiger partial charge >= 0.3 is 6.09 Å². The van der Waals surface area contributed by atoms with Gasteiger partial charge in [0.2, 0.25) is 5.91 Å². The van der Waals surface area contributed by atoms with Gasteiger partial charge in [0, 0.05) is 35.5 Å². The van der Waals surface area contributed by atoms with E-state index in [4.69, 9.17) is 15.2 Å². The van der Waals surface area contributed by atoms with Gasteiger partial charge in [-0.05, 0) is 48.4 Å². The maximum atomic E-state index is 12.8. The summed E-state index contributed by atoms with van der Waals surface area (Å²) in [7, 11) is 1.63. The third-order valence-electron chi connectivity index (χ3n) is 6.67. The van der Waals surface area contributed by atoms with Crippen LogP contribution in [0.25, 0.3) is 0 Å². The Bertz CT molecular complexity index is 1190.